The van der Waals surface area contributed by atoms with Crippen molar-refractivity contribution in [2.45, 2.75) is 39.8 Å². The van der Waals surface area contributed by atoms with Gasteiger partial charge in [0, 0.05) is 37.6 Å². The van der Waals surface area contributed by atoms with Gasteiger partial charge < -0.3 is 14.8 Å². The second kappa shape index (κ2) is 6.11. The first-order valence-electron chi connectivity index (χ1n) is 7.66. The van der Waals surface area contributed by atoms with Crippen molar-refractivity contribution in [3.8, 4) is 0 Å². The predicted octanol–water partition coefficient (Wildman–Crippen LogP) is 2.08. The Morgan fingerprint density at radius 3 is 2.90 bits per heavy atom. The van der Waals surface area contributed by atoms with Gasteiger partial charge >= 0.3 is 0 Å². The smallest absolute Gasteiger partial charge is 0.137 e. The molecule has 0 unspecified atom stereocenters. The van der Waals surface area contributed by atoms with E-state index >= 15 is 0 Å². The van der Waals surface area contributed by atoms with Crippen LogP contribution in [0.4, 0.5) is 11.6 Å². The molecule has 0 amide bonds. The Labute approximate surface area is 125 Å². The summed E-state index contributed by atoms with van der Waals surface area (Å²) in [5.74, 6) is 3.11. The Morgan fingerprint density at radius 1 is 1.19 bits per heavy atom. The number of hydrogen-bond donors (Lipinski definition) is 1. The van der Waals surface area contributed by atoms with Gasteiger partial charge in [-0.3, -0.25) is 0 Å². The van der Waals surface area contributed by atoms with E-state index < -0.39 is 0 Å². The molecule has 3 heterocycles. The van der Waals surface area contributed by atoms with Crippen LogP contribution in [-0.4, -0.2) is 32.6 Å². The van der Waals surface area contributed by atoms with E-state index in [-0.39, 0.29) is 0 Å². The van der Waals surface area contributed by atoms with Gasteiger partial charge in [0.2, 0.25) is 0 Å². The van der Waals surface area contributed by atoms with Gasteiger partial charge in [-0.2, -0.15) is 0 Å². The maximum atomic E-state index is 4.54. The fourth-order valence-electron chi connectivity index (χ4n) is 2.75. The van der Waals surface area contributed by atoms with Gasteiger partial charge in [0.1, 0.15) is 23.8 Å². The van der Waals surface area contributed by atoms with Crippen LogP contribution in [0.2, 0.25) is 0 Å². The Hall–Kier alpha value is -2.11. The summed E-state index contributed by atoms with van der Waals surface area (Å²) in [5.41, 5.74) is 1.20. The molecule has 21 heavy (non-hydrogen) atoms. The van der Waals surface area contributed by atoms with Crippen LogP contribution < -0.4 is 10.2 Å². The Kier molecular flexibility index (Phi) is 4.03. The lowest BCUT2D eigenvalue weighted by Crippen LogP contribution is -2.35. The van der Waals surface area contributed by atoms with Crippen LogP contribution in [0.1, 0.15) is 31.7 Å². The molecule has 2 aromatic rings. The summed E-state index contributed by atoms with van der Waals surface area (Å²) in [7, 11) is 0. The average Bonchev–Trinajstić information content (AvgIpc) is 2.99. The number of nitrogens with zero attached hydrogens (tertiary/aromatic N) is 5. The highest BCUT2D eigenvalue weighted by Crippen LogP contribution is 2.26. The largest absolute Gasteiger partial charge is 0.370 e. The van der Waals surface area contributed by atoms with Crippen LogP contribution in [0.5, 0.6) is 0 Å². The number of imidazole rings is 1. The van der Waals surface area contributed by atoms with Gasteiger partial charge in [-0.25, -0.2) is 15.0 Å². The number of hydrogen-bond acceptors (Lipinski definition) is 5. The molecule has 0 fully saturated rings. The third kappa shape index (κ3) is 2.70. The average molecular weight is 286 g/mol. The van der Waals surface area contributed by atoms with Crippen LogP contribution in [0.15, 0.2) is 18.7 Å². The van der Waals surface area contributed by atoms with Crippen molar-refractivity contribution in [2.75, 3.05) is 23.3 Å². The SMILES string of the molecule is CCCNc1ncnc(N2CCn3ccnc3C2)c1CC. The third-order valence-corrected chi connectivity index (χ3v) is 3.86. The lowest BCUT2D eigenvalue weighted by atomic mass is 10.2. The number of fused-ring (bicyclic) bond motifs is 1. The zero-order valence-corrected chi connectivity index (χ0v) is 12.7. The molecule has 0 aromatic carbocycles. The van der Waals surface area contributed by atoms with E-state index in [2.05, 4.69) is 43.6 Å². The fraction of sp³-hybridized carbons (Fsp3) is 0.533. The molecule has 6 heteroatoms. The summed E-state index contributed by atoms with van der Waals surface area (Å²) in [6.07, 6.45) is 7.58. The second-order valence-electron chi connectivity index (χ2n) is 5.26. The number of rotatable bonds is 5. The predicted molar refractivity (Wildman–Crippen MR) is 83.5 cm³/mol. The lowest BCUT2D eigenvalue weighted by Gasteiger charge is -2.30. The molecule has 1 aliphatic heterocycles. The minimum absolute atomic E-state index is 0.810. The van der Waals surface area contributed by atoms with Gasteiger partial charge in [0.25, 0.3) is 0 Å². The highest BCUT2D eigenvalue weighted by atomic mass is 15.3. The molecule has 1 N–H and O–H groups in total. The lowest BCUT2D eigenvalue weighted by molar-refractivity contribution is 0.554. The van der Waals surface area contributed by atoms with Crippen LogP contribution >= 0.6 is 0 Å². The Morgan fingerprint density at radius 2 is 2.10 bits per heavy atom. The minimum atomic E-state index is 0.810. The van der Waals surface area contributed by atoms with Crippen molar-refractivity contribution in [1.82, 2.24) is 19.5 Å². The second-order valence-corrected chi connectivity index (χ2v) is 5.26. The maximum Gasteiger partial charge on any atom is 0.137 e. The molecular weight excluding hydrogens is 264 g/mol. The molecule has 0 aliphatic carbocycles. The molecule has 3 rings (SSSR count). The first-order valence-corrected chi connectivity index (χ1v) is 7.66. The van der Waals surface area contributed by atoms with E-state index in [0.29, 0.717) is 0 Å². The van der Waals surface area contributed by atoms with Crippen molar-refractivity contribution >= 4 is 11.6 Å². The molecule has 112 valence electrons. The van der Waals surface area contributed by atoms with Crippen molar-refractivity contribution in [3.63, 3.8) is 0 Å². The maximum absolute atomic E-state index is 4.54. The molecule has 0 saturated carbocycles. The molecule has 0 saturated heterocycles. The van der Waals surface area contributed by atoms with Crippen molar-refractivity contribution in [1.29, 1.82) is 0 Å². The quantitative estimate of drug-likeness (QED) is 0.912. The highest BCUT2D eigenvalue weighted by Gasteiger charge is 2.21. The fourth-order valence-corrected chi connectivity index (χ4v) is 2.75. The molecule has 6 nitrogen and oxygen atoms in total. The molecular formula is C15H22N6. The molecule has 0 atom stereocenters. The van der Waals surface area contributed by atoms with E-state index in [4.69, 9.17) is 0 Å². The van der Waals surface area contributed by atoms with E-state index in [1.807, 2.05) is 12.4 Å². The zero-order chi connectivity index (χ0) is 14.7. The van der Waals surface area contributed by atoms with E-state index in [9.17, 15) is 0 Å². The van der Waals surface area contributed by atoms with Gasteiger partial charge in [-0.15, -0.1) is 0 Å². The van der Waals surface area contributed by atoms with Crippen molar-refractivity contribution in [3.05, 3.63) is 30.1 Å². The van der Waals surface area contributed by atoms with Gasteiger partial charge in [0.15, 0.2) is 0 Å². The molecule has 0 radical (unpaired) electrons. The molecule has 0 spiro atoms. The van der Waals surface area contributed by atoms with E-state index in [1.165, 1.54) is 5.56 Å². The molecule has 0 bridgehead atoms. The summed E-state index contributed by atoms with van der Waals surface area (Å²) in [6, 6.07) is 0. The van der Waals surface area contributed by atoms with E-state index in [1.54, 1.807) is 6.33 Å². The number of aromatic nitrogens is 4. The van der Waals surface area contributed by atoms with Gasteiger partial charge in [-0.05, 0) is 12.8 Å². The van der Waals surface area contributed by atoms with Crippen molar-refractivity contribution < 1.29 is 0 Å². The number of anilines is 2. The standard InChI is InChI=1S/C15H22N6/c1-3-5-17-14-12(4-2)15(19-11-18-14)21-9-8-20-7-6-16-13(20)10-21/h6-7,11H,3-5,8-10H2,1-2H3,(H,17,18,19). The minimum Gasteiger partial charge on any atom is -0.370 e. The summed E-state index contributed by atoms with van der Waals surface area (Å²) in [4.78, 5) is 15.7. The summed E-state index contributed by atoms with van der Waals surface area (Å²) < 4.78 is 2.21. The first kappa shape index (κ1) is 13.9. The summed E-state index contributed by atoms with van der Waals surface area (Å²) in [5, 5.41) is 3.41. The third-order valence-electron chi connectivity index (χ3n) is 3.86. The summed E-state index contributed by atoms with van der Waals surface area (Å²) in [6.45, 7) is 7.98. The monoisotopic (exact) mass is 286 g/mol. The summed E-state index contributed by atoms with van der Waals surface area (Å²) >= 11 is 0. The Balaban J connectivity index is 1.88. The Bertz CT molecular complexity index is 606. The van der Waals surface area contributed by atoms with Crippen molar-refractivity contribution in [2.24, 2.45) is 0 Å². The normalized spacial score (nSPS) is 14.1. The first-order chi connectivity index (χ1) is 10.3. The van der Waals surface area contributed by atoms with Crippen LogP contribution in [0.3, 0.4) is 0 Å². The van der Waals surface area contributed by atoms with Gasteiger partial charge in [-0.1, -0.05) is 13.8 Å². The van der Waals surface area contributed by atoms with Crippen LogP contribution in [0.25, 0.3) is 0 Å². The van der Waals surface area contributed by atoms with Gasteiger partial charge in [0.05, 0.1) is 6.54 Å². The highest BCUT2D eigenvalue weighted by molar-refractivity contribution is 5.59. The topological polar surface area (TPSA) is 58.9 Å². The van der Waals surface area contributed by atoms with E-state index in [0.717, 1.165) is 56.5 Å². The molecule has 1 aliphatic rings. The van der Waals surface area contributed by atoms with Crippen LogP contribution in [-0.2, 0) is 19.5 Å². The molecule has 2 aromatic heterocycles. The van der Waals surface area contributed by atoms with Crippen LogP contribution in [0, 0.1) is 0 Å². The number of nitrogens with one attached hydrogen (secondary N) is 1. The zero-order valence-electron chi connectivity index (χ0n) is 12.7.